The molecular weight excluding hydrogens is 378 g/mol. The summed E-state index contributed by atoms with van der Waals surface area (Å²) in [6, 6.07) is 5.32. The number of nitrogens with zero attached hydrogens (tertiary/aromatic N) is 3. The van der Waals surface area contributed by atoms with Crippen LogP contribution in [0.25, 0.3) is 0 Å². The Balaban J connectivity index is 1.63. The van der Waals surface area contributed by atoms with E-state index in [1.807, 2.05) is 13.8 Å². The minimum Gasteiger partial charge on any atom is -0.350 e. The van der Waals surface area contributed by atoms with Crippen LogP contribution in [0.1, 0.15) is 28.0 Å². The molecular formula is C20H22ClN5O2. The van der Waals surface area contributed by atoms with Crippen LogP contribution < -0.4 is 10.6 Å². The third-order valence-electron chi connectivity index (χ3n) is 4.64. The van der Waals surface area contributed by atoms with Crippen molar-refractivity contribution in [3.63, 3.8) is 0 Å². The molecule has 1 fully saturated rings. The highest BCUT2D eigenvalue weighted by Gasteiger charge is 2.27. The number of hydrogen-bond acceptors (Lipinski definition) is 5. The van der Waals surface area contributed by atoms with Crippen LogP contribution in [0.5, 0.6) is 0 Å². The summed E-state index contributed by atoms with van der Waals surface area (Å²) in [5.41, 5.74) is 2.79. The molecule has 0 radical (unpaired) electrons. The van der Waals surface area contributed by atoms with E-state index in [1.54, 1.807) is 29.3 Å². The van der Waals surface area contributed by atoms with E-state index < -0.39 is 0 Å². The quantitative estimate of drug-likeness (QED) is 0.754. The number of amides is 2. The van der Waals surface area contributed by atoms with E-state index in [0.717, 1.165) is 12.0 Å². The van der Waals surface area contributed by atoms with Crippen LogP contribution in [0.3, 0.4) is 0 Å². The molecule has 1 aromatic carbocycles. The van der Waals surface area contributed by atoms with Gasteiger partial charge in [-0.05, 0) is 50.1 Å². The van der Waals surface area contributed by atoms with Gasteiger partial charge in [0.05, 0.1) is 16.9 Å². The van der Waals surface area contributed by atoms with Gasteiger partial charge in [0.1, 0.15) is 0 Å². The Morgan fingerprint density at radius 2 is 2.14 bits per heavy atom. The average Bonchev–Trinajstić information content (AvgIpc) is 3.14. The molecule has 3 rings (SSSR count). The predicted octanol–water partition coefficient (Wildman–Crippen LogP) is 3.20. The van der Waals surface area contributed by atoms with Crippen LogP contribution in [-0.4, -0.2) is 45.8 Å². The smallest absolute Gasteiger partial charge is 0.253 e. The number of halogens is 1. The van der Waals surface area contributed by atoms with Gasteiger partial charge in [0.15, 0.2) is 0 Å². The van der Waals surface area contributed by atoms with Crippen molar-refractivity contribution in [1.29, 1.82) is 0 Å². The maximum absolute atomic E-state index is 12.8. The van der Waals surface area contributed by atoms with Gasteiger partial charge in [-0.15, -0.1) is 0 Å². The monoisotopic (exact) mass is 399 g/mol. The number of aryl methyl sites for hydroxylation is 2. The summed E-state index contributed by atoms with van der Waals surface area (Å²) in [6.45, 7) is 8.33. The molecule has 1 aliphatic heterocycles. The number of anilines is 2. The minimum absolute atomic E-state index is 0.0396. The molecule has 0 aliphatic carbocycles. The maximum Gasteiger partial charge on any atom is 0.253 e. The Morgan fingerprint density at radius 3 is 2.82 bits per heavy atom. The zero-order valence-electron chi connectivity index (χ0n) is 15.8. The summed E-state index contributed by atoms with van der Waals surface area (Å²) < 4.78 is 0. The highest BCUT2D eigenvalue weighted by atomic mass is 35.5. The molecule has 8 heteroatoms. The first kappa shape index (κ1) is 19.8. The fraction of sp³-hybridized carbons (Fsp3) is 0.300. The van der Waals surface area contributed by atoms with Crippen molar-refractivity contribution in [3.05, 3.63) is 58.9 Å². The Labute approximate surface area is 168 Å². The molecule has 2 aromatic rings. The van der Waals surface area contributed by atoms with Crippen LogP contribution in [0.2, 0.25) is 5.02 Å². The van der Waals surface area contributed by atoms with Crippen LogP contribution in [-0.2, 0) is 4.79 Å². The number of nitrogens with one attached hydrogen (secondary N) is 2. The summed E-state index contributed by atoms with van der Waals surface area (Å²) >= 11 is 5.96. The van der Waals surface area contributed by atoms with E-state index in [-0.39, 0.29) is 17.9 Å². The summed E-state index contributed by atoms with van der Waals surface area (Å²) in [4.78, 5) is 34.6. The molecule has 0 saturated carbocycles. The number of hydrogen-bond donors (Lipinski definition) is 2. The van der Waals surface area contributed by atoms with Gasteiger partial charge in [-0.1, -0.05) is 18.2 Å². The van der Waals surface area contributed by atoms with E-state index in [9.17, 15) is 9.59 Å². The molecule has 0 bridgehead atoms. The van der Waals surface area contributed by atoms with Crippen molar-refractivity contribution >= 4 is 35.1 Å². The molecule has 2 N–H and O–H groups in total. The predicted molar refractivity (Wildman–Crippen MR) is 110 cm³/mol. The van der Waals surface area contributed by atoms with Crippen molar-refractivity contribution < 1.29 is 9.59 Å². The van der Waals surface area contributed by atoms with Crippen molar-refractivity contribution in [3.8, 4) is 0 Å². The van der Waals surface area contributed by atoms with Gasteiger partial charge >= 0.3 is 0 Å². The lowest BCUT2D eigenvalue weighted by atomic mass is 10.1. The number of likely N-dealkylation sites (tertiary alicyclic amines) is 1. The van der Waals surface area contributed by atoms with Crippen LogP contribution in [0.15, 0.2) is 37.1 Å². The van der Waals surface area contributed by atoms with Crippen LogP contribution in [0, 0.1) is 13.8 Å². The number of rotatable bonds is 5. The van der Waals surface area contributed by atoms with Crippen LogP contribution >= 0.6 is 11.6 Å². The zero-order chi connectivity index (χ0) is 20.3. The lowest BCUT2D eigenvalue weighted by Crippen LogP contribution is -2.32. The number of carbonyl (C=O) groups is 2. The standard InChI is InChI=1S/C20H22ClN5O2/c1-4-18(27)25-17-6-5-14(9-12(17)2)19(28)26-8-7-15(11-26)24-20-22-10-16(21)13(3)23-20/h4-6,9-10,15H,1,7-8,11H2,2-3H3,(H,25,27)(H,22,23,24)/t15-/m1/s1. The van der Waals surface area contributed by atoms with E-state index in [1.165, 1.54) is 6.08 Å². The fourth-order valence-corrected chi connectivity index (χ4v) is 3.16. The summed E-state index contributed by atoms with van der Waals surface area (Å²) in [5.74, 6) is 0.192. The largest absolute Gasteiger partial charge is 0.350 e. The number of carbonyl (C=O) groups excluding carboxylic acids is 2. The lowest BCUT2D eigenvalue weighted by Gasteiger charge is -2.18. The van der Waals surface area contributed by atoms with Gasteiger partial charge in [-0.25, -0.2) is 9.97 Å². The van der Waals surface area contributed by atoms with Gasteiger partial charge in [-0.2, -0.15) is 0 Å². The highest BCUT2D eigenvalue weighted by Crippen LogP contribution is 2.21. The Hall–Kier alpha value is -2.93. The molecule has 2 amide bonds. The van der Waals surface area contributed by atoms with Crippen LogP contribution in [0.4, 0.5) is 11.6 Å². The Morgan fingerprint density at radius 1 is 1.36 bits per heavy atom. The summed E-state index contributed by atoms with van der Waals surface area (Å²) in [6.07, 6.45) is 3.59. The fourth-order valence-electron chi connectivity index (χ4n) is 3.07. The first-order valence-corrected chi connectivity index (χ1v) is 9.34. The second-order valence-corrected chi connectivity index (χ2v) is 7.14. The summed E-state index contributed by atoms with van der Waals surface area (Å²) in [7, 11) is 0. The van der Waals surface area contributed by atoms with E-state index >= 15 is 0 Å². The first-order valence-electron chi connectivity index (χ1n) is 8.96. The van der Waals surface area contributed by atoms with Gasteiger partial charge in [-0.3, -0.25) is 9.59 Å². The third kappa shape index (κ3) is 4.48. The maximum atomic E-state index is 12.8. The highest BCUT2D eigenvalue weighted by molar-refractivity contribution is 6.31. The molecule has 28 heavy (non-hydrogen) atoms. The summed E-state index contributed by atoms with van der Waals surface area (Å²) in [5, 5.41) is 6.51. The normalized spacial score (nSPS) is 16.0. The van der Waals surface area contributed by atoms with Crippen molar-refractivity contribution in [2.45, 2.75) is 26.3 Å². The van der Waals surface area contributed by atoms with E-state index in [4.69, 9.17) is 11.6 Å². The molecule has 2 heterocycles. The SMILES string of the molecule is C=CC(=O)Nc1ccc(C(=O)N2CC[C@@H](Nc3ncc(Cl)c(C)n3)C2)cc1C. The Bertz CT molecular complexity index is 931. The second-order valence-electron chi connectivity index (χ2n) is 6.73. The zero-order valence-corrected chi connectivity index (χ0v) is 16.6. The van der Waals surface area contributed by atoms with Crippen molar-refractivity contribution in [1.82, 2.24) is 14.9 Å². The molecule has 146 valence electrons. The van der Waals surface area contributed by atoms with Gasteiger partial charge in [0.2, 0.25) is 11.9 Å². The van der Waals surface area contributed by atoms with Gasteiger partial charge in [0.25, 0.3) is 5.91 Å². The van der Waals surface area contributed by atoms with E-state index in [0.29, 0.717) is 41.0 Å². The number of benzene rings is 1. The molecule has 0 spiro atoms. The lowest BCUT2D eigenvalue weighted by molar-refractivity contribution is -0.111. The molecule has 7 nitrogen and oxygen atoms in total. The molecule has 1 aromatic heterocycles. The van der Waals surface area contributed by atoms with E-state index in [2.05, 4.69) is 27.2 Å². The molecule has 1 saturated heterocycles. The second kappa shape index (κ2) is 8.39. The van der Waals surface area contributed by atoms with Crippen molar-refractivity contribution in [2.24, 2.45) is 0 Å². The molecule has 1 atom stereocenters. The average molecular weight is 400 g/mol. The van der Waals surface area contributed by atoms with Crippen molar-refractivity contribution in [2.75, 3.05) is 23.7 Å². The topological polar surface area (TPSA) is 87.2 Å². The first-order chi connectivity index (χ1) is 13.4. The molecule has 1 aliphatic rings. The van der Waals surface area contributed by atoms with Gasteiger partial charge < -0.3 is 15.5 Å². The van der Waals surface area contributed by atoms with Gasteiger partial charge in [0, 0.05) is 30.4 Å². The number of aromatic nitrogens is 2. The minimum atomic E-state index is -0.282. The third-order valence-corrected chi connectivity index (χ3v) is 5.02. The Kier molecular flexibility index (Phi) is 5.94. The molecule has 0 unspecified atom stereocenters.